The van der Waals surface area contributed by atoms with Gasteiger partial charge in [0.15, 0.2) is 17.5 Å². The van der Waals surface area contributed by atoms with Gasteiger partial charge in [-0.1, -0.05) is 194 Å². The first kappa shape index (κ1) is 32.5. The van der Waals surface area contributed by atoms with Crippen LogP contribution in [0.2, 0.25) is 0 Å². The van der Waals surface area contributed by atoms with Crippen LogP contribution in [0.4, 0.5) is 0 Å². The number of rotatable bonds is 5. The highest BCUT2D eigenvalue weighted by molar-refractivity contribution is 6.27. The van der Waals surface area contributed by atoms with Crippen molar-refractivity contribution in [2.75, 3.05) is 0 Å². The van der Waals surface area contributed by atoms with Crippen LogP contribution < -0.4 is 0 Å². The van der Waals surface area contributed by atoms with Crippen LogP contribution in [0.15, 0.2) is 200 Å². The third-order valence-corrected chi connectivity index (χ3v) is 11.9. The lowest BCUT2D eigenvalue weighted by molar-refractivity contribution is 1.08. The Morgan fingerprint density at radius 3 is 1.09 bits per heavy atom. The first-order valence-corrected chi connectivity index (χ1v) is 19.8. The molecule has 3 heteroatoms. The van der Waals surface area contributed by atoms with E-state index in [4.69, 9.17) is 15.0 Å². The zero-order valence-electron chi connectivity index (χ0n) is 31.4. The Morgan fingerprint density at radius 2 is 0.552 bits per heavy atom. The predicted octanol–water partition coefficient (Wildman–Crippen LogP) is 14.5. The summed E-state index contributed by atoms with van der Waals surface area (Å²) in [4.78, 5) is 15.2. The number of hydrogen-bond donors (Lipinski definition) is 0. The van der Waals surface area contributed by atoms with Crippen molar-refractivity contribution >= 4 is 43.1 Å². The molecule has 0 spiro atoms. The highest BCUT2D eigenvalue weighted by Gasteiger charge is 2.25. The van der Waals surface area contributed by atoms with Crippen LogP contribution in [0.3, 0.4) is 0 Å². The molecule has 58 heavy (non-hydrogen) atoms. The van der Waals surface area contributed by atoms with Crippen molar-refractivity contribution in [3.05, 3.63) is 200 Å². The van der Waals surface area contributed by atoms with Crippen molar-refractivity contribution in [3.63, 3.8) is 0 Å². The standard InChI is InChI=1S/C55H33N3/c1-3-16-34(17-4-1)53-56-54(35-18-5-2-6-19-35)58-55(57-53)49-33-32-47(38-22-9-10-23-39(38)49)51-41-24-11-13-26-43(41)52(44-27-14-12-25-42(44)51)48-31-30-46-37-21-8-7-20-36(37)40-28-15-29-45(48)50(40)46/h1-33H. The first-order valence-electron chi connectivity index (χ1n) is 19.8. The van der Waals surface area contributed by atoms with Crippen molar-refractivity contribution in [3.8, 4) is 78.7 Å². The van der Waals surface area contributed by atoms with E-state index in [1.165, 1.54) is 76.8 Å². The molecule has 0 saturated carbocycles. The molecular formula is C55H33N3. The van der Waals surface area contributed by atoms with Crippen LogP contribution in [0.1, 0.15) is 0 Å². The topological polar surface area (TPSA) is 38.7 Å². The zero-order chi connectivity index (χ0) is 38.2. The summed E-state index contributed by atoms with van der Waals surface area (Å²) < 4.78 is 0. The highest BCUT2D eigenvalue weighted by atomic mass is 15.0. The normalized spacial score (nSPS) is 11.8. The van der Waals surface area contributed by atoms with Gasteiger partial charge in [0.1, 0.15) is 0 Å². The van der Waals surface area contributed by atoms with Crippen molar-refractivity contribution in [1.82, 2.24) is 15.0 Å². The van der Waals surface area contributed by atoms with Gasteiger partial charge in [0.25, 0.3) is 0 Å². The fraction of sp³-hybridized carbons (Fsp3) is 0. The lowest BCUT2D eigenvalue weighted by Gasteiger charge is -2.20. The van der Waals surface area contributed by atoms with Gasteiger partial charge < -0.3 is 0 Å². The molecule has 0 bridgehead atoms. The van der Waals surface area contributed by atoms with Gasteiger partial charge in [-0.2, -0.15) is 0 Å². The minimum absolute atomic E-state index is 0.648. The summed E-state index contributed by atoms with van der Waals surface area (Å²) in [7, 11) is 0. The van der Waals surface area contributed by atoms with E-state index in [0.717, 1.165) is 27.5 Å². The van der Waals surface area contributed by atoms with Gasteiger partial charge in [-0.3, -0.25) is 0 Å². The second-order valence-electron chi connectivity index (χ2n) is 15.0. The number of hydrogen-bond acceptors (Lipinski definition) is 3. The van der Waals surface area contributed by atoms with Gasteiger partial charge in [-0.05, 0) is 93.7 Å². The maximum atomic E-state index is 5.13. The summed E-state index contributed by atoms with van der Waals surface area (Å²) in [5.41, 5.74) is 13.0. The summed E-state index contributed by atoms with van der Waals surface area (Å²) in [6.45, 7) is 0. The van der Waals surface area contributed by atoms with Gasteiger partial charge in [-0.25, -0.2) is 15.0 Å². The number of aromatic nitrogens is 3. The number of benzene rings is 10. The Balaban J connectivity index is 1.11. The van der Waals surface area contributed by atoms with Crippen LogP contribution in [0.25, 0.3) is 122 Å². The summed E-state index contributed by atoms with van der Waals surface area (Å²) >= 11 is 0. The van der Waals surface area contributed by atoms with E-state index in [-0.39, 0.29) is 0 Å². The van der Waals surface area contributed by atoms with Crippen LogP contribution in [-0.4, -0.2) is 15.0 Å². The molecule has 1 aromatic heterocycles. The molecule has 0 radical (unpaired) electrons. The largest absolute Gasteiger partial charge is 0.208 e. The van der Waals surface area contributed by atoms with E-state index in [9.17, 15) is 0 Å². The molecule has 1 heterocycles. The third kappa shape index (κ3) is 4.90. The van der Waals surface area contributed by atoms with Crippen molar-refractivity contribution in [2.24, 2.45) is 0 Å². The average molecular weight is 736 g/mol. The third-order valence-electron chi connectivity index (χ3n) is 11.9. The van der Waals surface area contributed by atoms with Crippen LogP contribution in [0, 0.1) is 0 Å². The van der Waals surface area contributed by atoms with E-state index in [1.54, 1.807) is 0 Å². The minimum Gasteiger partial charge on any atom is -0.208 e. The van der Waals surface area contributed by atoms with E-state index < -0.39 is 0 Å². The fourth-order valence-electron chi connectivity index (χ4n) is 9.38. The van der Waals surface area contributed by atoms with Gasteiger partial charge in [0, 0.05) is 16.7 Å². The Bertz CT molecular complexity index is 3300. The van der Waals surface area contributed by atoms with Gasteiger partial charge in [0.2, 0.25) is 0 Å². The van der Waals surface area contributed by atoms with E-state index >= 15 is 0 Å². The summed E-state index contributed by atoms with van der Waals surface area (Å²) in [5, 5.41) is 9.77. The van der Waals surface area contributed by atoms with Gasteiger partial charge in [0.05, 0.1) is 0 Å². The lowest BCUT2D eigenvalue weighted by atomic mass is 9.83. The van der Waals surface area contributed by atoms with Crippen molar-refractivity contribution in [1.29, 1.82) is 0 Å². The Kier molecular flexibility index (Phi) is 7.23. The Morgan fingerprint density at radius 1 is 0.207 bits per heavy atom. The fourth-order valence-corrected chi connectivity index (χ4v) is 9.38. The Hall–Kier alpha value is -7.75. The monoisotopic (exact) mass is 735 g/mol. The zero-order valence-corrected chi connectivity index (χ0v) is 31.4. The van der Waals surface area contributed by atoms with E-state index in [2.05, 4.69) is 164 Å². The maximum absolute atomic E-state index is 5.13. The number of fused-ring (bicyclic) bond motifs is 6. The van der Waals surface area contributed by atoms with Gasteiger partial charge in [-0.15, -0.1) is 0 Å². The molecule has 268 valence electrons. The first-order chi connectivity index (χ1) is 28.8. The molecule has 0 amide bonds. The molecular weight excluding hydrogens is 703 g/mol. The molecule has 1 aliphatic rings. The second kappa shape index (κ2) is 12.9. The van der Waals surface area contributed by atoms with Crippen LogP contribution in [0.5, 0.6) is 0 Å². The molecule has 12 rings (SSSR count). The molecule has 11 aromatic rings. The Labute approximate surface area is 335 Å². The molecule has 1 aliphatic carbocycles. The molecule has 3 nitrogen and oxygen atoms in total. The molecule has 0 fully saturated rings. The highest BCUT2D eigenvalue weighted by Crippen LogP contribution is 2.52. The maximum Gasteiger partial charge on any atom is 0.164 e. The predicted molar refractivity (Wildman–Crippen MR) is 241 cm³/mol. The van der Waals surface area contributed by atoms with E-state index in [0.29, 0.717) is 17.5 Å². The van der Waals surface area contributed by atoms with Gasteiger partial charge >= 0.3 is 0 Å². The molecule has 0 aliphatic heterocycles. The molecule has 0 atom stereocenters. The summed E-state index contributed by atoms with van der Waals surface area (Å²) in [6, 6.07) is 71.7. The SMILES string of the molecule is c1ccc(-c2nc(-c3ccccc3)nc(-c3ccc(-c4c5ccccc5c(-c5ccc6c7c(cccc57)-c5ccccc5-6)c5ccccc45)c4ccccc34)n2)cc1. The summed E-state index contributed by atoms with van der Waals surface area (Å²) in [5.74, 6) is 1.95. The van der Waals surface area contributed by atoms with Crippen LogP contribution in [-0.2, 0) is 0 Å². The van der Waals surface area contributed by atoms with E-state index in [1.807, 2.05) is 36.4 Å². The van der Waals surface area contributed by atoms with Crippen molar-refractivity contribution < 1.29 is 0 Å². The number of nitrogens with zero attached hydrogens (tertiary/aromatic N) is 3. The quantitative estimate of drug-likeness (QED) is 0.165. The molecule has 0 N–H and O–H groups in total. The summed E-state index contributed by atoms with van der Waals surface area (Å²) in [6.07, 6.45) is 0. The smallest absolute Gasteiger partial charge is 0.164 e. The molecule has 0 saturated heterocycles. The average Bonchev–Trinajstić information content (AvgIpc) is 3.63. The molecule has 10 aromatic carbocycles. The lowest BCUT2D eigenvalue weighted by Crippen LogP contribution is -2.00. The van der Waals surface area contributed by atoms with Crippen LogP contribution >= 0.6 is 0 Å². The second-order valence-corrected chi connectivity index (χ2v) is 15.0. The molecule has 0 unspecified atom stereocenters. The van der Waals surface area contributed by atoms with Crippen molar-refractivity contribution in [2.45, 2.75) is 0 Å². The minimum atomic E-state index is 0.648.